The highest BCUT2D eigenvalue weighted by Gasteiger charge is 2.28. The van der Waals surface area contributed by atoms with E-state index in [1.54, 1.807) is 6.92 Å². The van der Waals surface area contributed by atoms with E-state index in [0.717, 1.165) is 22.5 Å². The van der Waals surface area contributed by atoms with E-state index in [-0.39, 0.29) is 24.5 Å². The number of carbonyl (C=O) groups excluding carboxylic acids is 2. The van der Waals surface area contributed by atoms with Gasteiger partial charge in [0.05, 0.1) is 31.3 Å². The van der Waals surface area contributed by atoms with E-state index in [0.29, 0.717) is 18.8 Å². The van der Waals surface area contributed by atoms with Crippen LogP contribution in [0, 0.1) is 0 Å². The van der Waals surface area contributed by atoms with Crippen LogP contribution < -0.4 is 5.32 Å². The molecular weight excluding hydrogens is 378 g/mol. The van der Waals surface area contributed by atoms with Crippen LogP contribution in [-0.2, 0) is 22.5 Å². The summed E-state index contributed by atoms with van der Waals surface area (Å²) in [5.41, 5.74) is 4.80. The van der Waals surface area contributed by atoms with Crippen LogP contribution in [0.25, 0.3) is 5.69 Å². The Labute approximate surface area is 176 Å². The Balaban J connectivity index is 1.52. The number of esters is 1. The van der Waals surface area contributed by atoms with Gasteiger partial charge in [0.15, 0.2) is 0 Å². The normalized spacial score (nSPS) is 15.0. The van der Waals surface area contributed by atoms with Gasteiger partial charge in [0, 0.05) is 17.6 Å². The molecule has 2 amide bonds. The molecule has 6 nitrogen and oxygen atoms in total. The SMILES string of the molecule is CCOC(=O)Cc1ccc(NC(=O)N2Cc3ccccc3-n3cccc3[C@@H]2C)cc1. The Hall–Kier alpha value is -3.54. The summed E-state index contributed by atoms with van der Waals surface area (Å²) in [5, 5.41) is 2.99. The van der Waals surface area contributed by atoms with Crippen molar-refractivity contribution in [2.45, 2.75) is 32.9 Å². The smallest absolute Gasteiger partial charge is 0.322 e. The molecule has 0 spiro atoms. The Morgan fingerprint density at radius 3 is 2.60 bits per heavy atom. The molecule has 1 aromatic heterocycles. The minimum absolute atomic E-state index is 0.0875. The molecule has 2 heterocycles. The number of para-hydroxylation sites is 1. The van der Waals surface area contributed by atoms with Crippen LogP contribution in [0.2, 0.25) is 0 Å². The number of anilines is 1. The molecule has 0 saturated carbocycles. The summed E-state index contributed by atoms with van der Waals surface area (Å²) in [6, 6.07) is 19.2. The fourth-order valence-electron chi connectivity index (χ4n) is 3.84. The second kappa shape index (κ2) is 8.45. The molecule has 0 aliphatic carbocycles. The van der Waals surface area contributed by atoms with Gasteiger partial charge in [-0.05, 0) is 55.3 Å². The molecule has 154 valence electrons. The Morgan fingerprint density at radius 1 is 1.07 bits per heavy atom. The standard InChI is InChI=1S/C24H25N3O3/c1-3-30-23(28)15-18-10-12-20(13-11-18)25-24(29)27-16-19-7-4-5-8-22(19)26-14-6-9-21(26)17(27)2/h4-14,17H,3,15-16H2,1-2H3,(H,25,29)/t17-/m0/s1. The number of hydrogen-bond acceptors (Lipinski definition) is 3. The summed E-state index contributed by atoms with van der Waals surface area (Å²) in [5.74, 6) is -0.255. The summed E-state index contributed by atoms with van der Waals surface area (Å²) >= 11 is 0. The van der Waals surface area contributed by atoms with E-state index in [9.17, 15) is 9.59 Å². The second-order valence-corrected chi connectivity index (χ2v) is 7.34. The summed E-state index contributed by atoms with van der Waals surface area (Å²) in [4.78, 5) is 26.6. The maximum Gasteiger partial charge on any atom is 0.322 e. The van der Waals surface area contributed by atoms with Crippen LogP contribution in [0.4, 0.5) is 10.5 Å². The van der Waals surface area contributed by atoms with Gasteiger partial charge in [0.2, 0.25) is 0 Å². The van der Waals surface area contributed by atoms with Crippen molar-refractivity contribution in [2.75, 3.05) is 11.9 Å². The molecule has 1 N–H and O–H groups in total. The van der Waals surface area contributed by atoms with E-state index in [1.807, 2.05) is 60.5 Å². The fraction of sp³-hybridized carbons (Fsp3) is 0.250. The molecular formula is C24H25N3O3. The fourth-order valence-corrected chi connectivity index (χ4v) is 3.84. The maximum atomic E-state index is 13.2. The highest BCUT2D eigenvalue weighted by molar-refractivity contribution is 5.90. The van der Waals surface area contributed by atoms with Crippen molar-refractivity contribution in [3.05, 3.63) is 83.7 Å². The lowest BCUT2D eigenvalue weighted by atomic mass is 10.1. The van der Waals surface area contributed by atoms with Gasteiger partial charge in [-0.15, -0.1) is 0 Å². The molecule has 3 aromatic rings. The van der Waals surface area contributed by atoms with Crippen molar-refractivity contribution in [1.29, 1.82) is 0 Å². The van der Waals surface area contributed by atoms with Crippen molar-refractivity contribution in [3.8, 4) is 5.69 Å². The lowest BCUT2D eigenvalue weighted by Gasteiger charge is -2.27. The number of rotatable bonds is 4. The highest BCUT2D eigenvalue weighted by Crippen LogP contribution is 2.32. The van der Waals surface area contributed by atoms with Gasteiger partial charge in [-0.1, -0.05) is 30.3 Å². The molecule has 1 aliphatic rings. The van der Waals surface area contributed by atoms with Crippen molar-refractivity contribution in [2.24, 2.45) is 0 Å². The van der Waals surface area contributed by atoms with Crippen molar-refractivity contribution < 1.29 is 14.3 Å². The maximum absolute atomic E-state index is 13.2. The third-order valence-electron chi connectivity index (χ3n) is 5.39. The van der Waals surface area contributed by atoms with Gasteiger partial charge in [0.25, 0.3) is 0 Å². The number of amides is 2. The van der Waals surface area contributed by atoms with Crippen molar-refractivity contribution in [1.82, 2.24) is 9.47 Å². The molecule has 0 fully saturated rings. The van der Waals surface area contributed by atoms with Crippen molar-refractivity contribution in [3.63, 3.8) is 0 Å². The van der Waals surface area contributed by atoms with Crippen LogP contribution in [0.15, 0.2) is 66.9 Å². The molecule has 1 aliphatic heterocycles. The van der Waals surface area contributed by atoms with E-state index in [2.05, 4.69) is 28.1 Å². The number of nitrogens with one attached hydrogen (secondary N) is 1. The first-order chi connectivity index (χ1) is 14.6. The van der Waals surface area contributed by atoms with Crippen LogP contribution in [0.5, 0.6) is 0 Å². The zero-order chi connectivity index (χ0) is 21.1. The molecule has 0 bridgehead atoms. The Kier molecular flexibility index (Phi) is 5.57. The third kappa shape index (κ3) is 3.94. The lowest BCUT2D eigenvalue weighted by Crippen LogP contribution is -2.36. The number of urea groups is 1. The second-order valence-electron chi connectivity index (χ2n) is 7.34. The summed E-state index contributed by atoms with van der Waals surface area (Å²) in [6.07, 6.45) is 2.26. The number of fused-ring (bicyclic) bond motifs is 3. The molecule has 6 heteroatoms. The van der Waals surface area contributed by atoms with Gasteiger partial charge in [-0.3, -0.25) is 4.79 Å². The predicted octanol–water partition coefficient (Wildman–Crippen LogP) is 4.69. The van der Waals surface area contributed by atoms with E-state index < -0.39 is 0 Å². The topological polar surface area (TPSA) is 63.6 Å². The van der Waals surface area contributed by atoms with Crippen LogP contribution in [-0.4, -0.2) is 28.1 Å². The number of benzene rings is 2. The summed E-state index contributed by atoms with van der Waals surface area (Å²) in [7, 11) is 0. The monoisotopic (exact) mass is 403 g/mol. The van der Waals surface area contributed by atoms with Crippen LogP contribution in [0.3, 0.4) is 0 Å². The molecule has 4 rings (SSSR count). The quantitative estimate of drug-likeness (QED) is 0.643. The van der Waals surface area contributed by atoms with Gasteiger partial charge >= 0.3 is 12.0 Å². The van der Waals surface area contributed by atoms with Gasteiger partial charge in [-0.2, -0.15) is 0 Å². The number of carbonyl (C=O) groups is 2. The molecule has 2 aromatic carbocycles. The lowest BCUT2D eigenvalue weighted by molar-refractivity contribution is -0.142. The molecule has 1 atom stereocenters. The zero-order valence-electron chi connectivity index (χ0n) is 17.2. The number of aromatic nitrogens is 1. The minimum atomic E-state index is -0.255. The summed E-state index contributed by atoms with van der Waals surface area (Å²) < 4.78 is 7.13. The Morgan fingerprint density at radius 2 is 1.83 bits per heavy atom. The molecule has 0 radical (unpaired) electrons. The average Bonchev–Trinajstić information content (AvgIpc) is 3.19. The zero-order valence-corrected chi connectivity index (χ0v) is 17.2. The first-order valence-electron chi connectivity index (χ1n) is 10.1. The first-order valence-corrected chi connectivity index (χ1v) is 10.1. The predicted molar refractivity (Wildman–Crippen MR) is 116 cm³/mol. The average molecular weight is 403 g/mol. The van der Waals surface area contributed by atoms with Gasteiger partial charge in [0.1, 0.15) is 0 Å². The highest BCUT2D eigenvalue weighted by atomic mass is 16.5. The van der Waals surface area contributed by atoms with Gasteiger partial charge in [-0.25, -0.2) is 4.79 Å². The van der Waals surface area contributed by atoms with E-state index in [4.69, 9.17) is 4.74 Å². The number of nitrogens with zero attached hydrogens (tertiary/aromatic N) is 2. The Bertz CT molecular complexity index is 1060. The first kappa shape index (κ1) is 19.8. The van der Waals surface area contributed by atoms with Crippen LogP contribution in [0.1, 0.15) is 36.7 Å². The van der Waals surface area contributed by atoms with Crippen molar-refractivity contribution >= 4 is 17.7 Å². The number of hydrogen-bond donors (Lipinski definition) is 1. The van der Waals surface area contributed by atoms with Gasteiger partial charge < -0.3 is 19.5 Å². The molecule has 0 saturated heterocycles. The summed E-state index contributed by atoms with van der Waals surface area (Å²) in [6.45, 7) is 4.72. The minimum Gasteiger partial charge on any atom is -0.466 e. The molecule has 0 unspecified atom stereocenters. The third-order valence-corrected chi connectivity index (χ3v) is 5.39. The van der Waals surface area contributed by atoms with E-state index in [1.165, 1.54) is 0 Å². The van der Waals surface area contributed by atoms with E-state index >= 15 is 0 Å². The molecule has 30 heavy (non-hydrogen) atoms. The largest absolute Gasteiger partial charge is 0.466 e. The van der Waals surface area contributed by atoms with Crippen LogP contribution >= 0.6 is 0 Å². The number of ether oxygens (including phenoxy) is 1.